The Labute approximate surface area is 68.5 Å². The molecule has 2 aromatic heterocycles. The minimum atomic E-state index is 0.446. The molecule has 2 rings (SSSR count). The summed E-state index contributed by atoms with van der Waals surface area (Å²) in [6.07, 6.45) is 3.35. The van der Waals surface area contributed by atoms with Gasteiger partial charge >= 0.3 is 0 Å². The summed E-state index contributed by atoms with van der Waals surface area (Å²) in [5, 5.41) is 6.58. The van der Waals surface area contributed by atoms with E-state index >= 15 is 0 Å². The first-order valence-electron chi connectivity index (χ1n) is 3.13. The third kappa shape index (κ3) is 1.07. The number of hydrogen-bond acceptors (Lipinski definition) is 3. The predicted molar refractivity (Wildman–Crippen MR) is 43.0 cm³/mol. The number of rotatable bonds is 1. The Morgan fingerprint density at radius 1 is 1.45 bits per heavy atom. The van der Waals surface area contributed by atoms with E-state index in [1.807, 2.05) is 0 Å². The molecule has 0 bridgehead atoms. The molecule has 0 saturated heterocycles. The molecule has 1 radical (unpaired) electrons. The highest BCUT2D eigenvalue weighted by atomic mass is 32.1. The fraction of sp³-hybridized carbons (Fsp3) is 0.167. The zero-order valence-corrected chi connectivity index (χ0v) is 6.43. The van der Waals surface area contributed by atoms with E-state index < -0.39 is 0 Å². The van der Waals surface area contributed by atoms with Gasteiger partial charge in [0.25, 0.3) is 0 Å². The molecule has 0 fully saturated rings. The lowest BCUT2D eigenvalue weighted by Gasteiger charge is -1.91. The van der Waals surface area contributed by atoms with E-state index in [1.54, 1.807) is 12.4 Å². The Morgan fingerprint density at radius 2 is 2.36 bits per heavy atom. The van der Waals surface area contributed by atoms with Crippen molar-refractivity contribution in [2.45, 2.75) is 5.75 Å². The van der Waals surface area contributed by atoms with Crippen LogP contribution >= 0.6 is 12.6 Å². The Balaban J connectivity index is 2.67. The number of H-pyrrole nitrogens is 1. The third-order valence-corrected chi connectivity index (χ3v) is 1.63. The second-order valence-corrected chi connectivity index (χ2v) is 2.39. The highest BCUT2D eigenvalue weighted by Gasteiger charge is 1.98. The van der Waals surface area contributed by atoms with Gasteiger partial charge in [0.15, 0.2) is 0 Å². The number of nitrogens with zero attached hydrogens (tertiary/aromatic N) is 3. The van der Waals surface area contributed by atoms with Gasteiger partial charge in [-0.1, -0.05) is 12.6 Å². The van der Waals surface area contributed by atoms with Crippen LogP contribution in [0.4, 0.5) is 0 Å². The third-order valence-electron chi connectivity index (χ3n) is 1.37. The molecule has 2 heterocycles. The van der Waals surface area contributed by atoms with Gasteiger partial charge in [-0.3, -0.25) is 5.10 Å². The minimum absolute atomic E-state index is 0.446. The molecule has 1 N–H and O–H groups in total. The minimum Gasteiger partial charge on any atom is -0.275 e. The van der Waals surface area contributed by atoms with Gasteiger partial charge < -0.3 is 0 Å². The number of aromatic nitrogens is 4. The van der Waals surface area contributed by atoms with Crippen LogP contribution in [0.1, 0.15) is 5.82 Å². The lowest BCUT2D eigenvalue weighted by molar-refractivity contribution is 1.07. The first-order valence-corrected chi connectivity index (χ1v) is 3.71. The van der Waals surface area contributed by atoms with Crippen LogP contribution in [-0.4, -0.2) is 20.2 Å². The summed E-state index contributed by atoms with van der Waals surface area (Å²) in [6, 6.07) is 0. The van der Waals surface area contributed by atoms with Crippen molar-refractivity contribution in [2.75, 3.05) is 0 Å². The van der Waals surface area contributed by atoms with Crippen LogP contribution in [-0.2, 0) is 5.75 Å². The van der Waals surface area contributed by atoms with Crippen molar-refractivity contribution >= 4 is 23.7 Å². The fourth-order valence-corrected chi connectivity index (χ4v) is 0.989. The fourth-order valence-electron chi connectivity index (χ4n) is 0.850. The molecule has 0 saturated carbocycles. The molecule has 2 aromatic rings. The van der Waals surface area contributed by atoms with E-state index in [1.165, 1.54) is 0 Å². The Kier molecular flexibility index (Phi) is 1.50. The van der Waals surface area contributed by atoms with Gasteiger partial charge in [-0.25, -0.2) is 9.97 Å². The molecule has 5 heteroatoms. The van der Waals surface area contributed by atoms with Gasteiger partial charge in [0.1, 0.15) is 16.9 Å². The van der Waals surface area contributed by atoms with E-state index in [0.29, 0.717) is 11.6 Å². The average molecular weight is 165 g/mol. The summed E-state index contributed by atoms with van der Waals surface area (Å²) >= 11 is 4.80. The maximum absolute atomic E-state index is 4.80. The summed E-state index contributed by atoms with van der Waals surface area (Å²) < 4.78 is 0. The Morgan fingerprint density at radius 3 is 3.18 bits per heavy atom. The summed E-state index contributed by atoms with van der Waals surface area (Å²) in [5.41, 5.74) is 1.66. The molecule has 0 unspecified atom stereocenters. The first-order chi connectivity index (χ1) is 5.40. The zero-order valence-electron chi connectivity index (χ0n) is 5.61. The molecule has 0 aliphatic heterocycles. The first kappa shape index (κ1) is 6.60. The van der Waals surface area contributed by atoms with Crippen LogP contribution in [0.15, 0.2) is 12.4 Å². The maximum atomic E-state index is 4.80. The normalized spacial score (nSPS) is 10.6. The van der Waals surface area contributed by atoms with Gasteiger partial charge in [0, 0.05) is 0 Å². The van der Waals surface area contributed by atoms with Crippen LogP contribution in [0.2, 0.25) is 0 Å². The Bertz CT molecular complexity index is 369. The molecule has 0 aliphatic rings. The maximum Gasteiger partial charge on any atom is 0.139 e. The zero-order chi connectivity index (χ0) is 7.68. The molecule has 0 atom stereocenters. The number of fused-ring (bicyclic) bond motifs is 1. The van der Waals surface area contributed by atoms with E-state index in [4.69, 9.17) is 12.6 Å². The van der Waals surface area contributed by atoms with Crippen molar-refractivity contribution in [1.29, 1.82) is 0 Å². The predicted octanol–water partition coefficient (Wildman–Crippen LogP) is 1.05. The molecular formula is C6H5N4S. The molecule has 11 heavy (non-hydrogen) atoms. The van der Waals surface area contributed by atoms with Crippen molar-refractivity contribution in [2.24, 2.45) is 0 Å². The molecule has 4 nitrogen and oxygen atoms in total. The van der Waals surface area contributed by atoms with Crippen molar-refractivity contribution in [3.63, 3.8) is 0 Å². The Hall–Kier alpha value is -1.10. The molecular weight excluding hydrogens is 160 g/mol. The summed E-state index contributed by atoms with van der Waals surface area (Å²) in [6.45, 7) is 0. The number of nitrogens with one attached hydrogen (secondary N) is 1. The second-order valence-electron chi connectivity index (χ2n) is 2.10. The van der Waals surface area contributed by atoms with E-state index in [-0.39, 0.29) is 0 Å². The van der Waals surface area contributed by atoms with E-state index in [9.17, 15) is 0 Å². The lowest BCUT2D eigenvalue weighted by Crippen LogP contribution is -1.89. The van der Waals surface area contributed by atoms with Gasteiger partial charge in [0.05, 0.1) is 18.1 Å². The quantitative estimate of drug-likeness (QED) is 0.687. The highest BCUT2D eigenvalue weighted by molar-refractivity contribution is 7.79. The van der Waals surface area contributed by atoms with Crippen molar-refractivity contribution in [1.82, 2.24) is 20.2 Å². The SMILES string of the molecule is [S]Cc1ncc2[nH]ncc2n1. The summed E-state index contributed by atoms with van der Waals surface area (Å²) in [5.74, 6) is 1.12. The summed E-state index contributed by atoms with van der Waals surface area (Å²) in [7, 11) is 0. The van der Waals surface area contributed by atoms with Crippen LogP contribution in [0.3, 0.4) is 0 Å². The lowest BCUT2D eigenvalue weighted by atomic mass is 10.5. The van der Waals surface area contributed by atoms with Crippen LogP contribution in [0, 0.1) is 0 Å². The van der Waals surface area contributed by atoms with Crippen molar-refractivity contribution in [3.8, 4) is 0 Å². The molecule has 0 amide bonds. The van der Waals surface area contributed by atoms with Crippen molar-refractivity contribution < 1.29 is 0 Å². The highest BCUT2D eigenvalue weighted by Crippen LogP contribution is 2.05. The standard InChI is InChI=1S/C6H5N4S/c11-3-6-7-1-5-4(9-6)2-8-10-5/h1-2H,3H2,(H,8,10). The van der Waals surface area contributed by atoms with Gasteiger partial charge in [-0.15, -0.1) is 0 Å². The molecule has 0 spiro atoms. The largest absolute Gasteiger partial charge is 0.275 e. The number of aromatic amines is 1. The molecule has 0 aromatic carbocycles. The second kappa shape index (κ2) is 2.50. The van der Waals surface area contributed by atoms with Crippen LogP contribution in [0.5, 0.6) is 0 Å². The monoisotopic (exact) mass is 165 g/mol. The topological polar surface area (TPSA) is 54.5 Å². The summed E-state index contributed by atoms with van der Waals surface area (Å²) in [4.78, 5) is 8.16. The molecule has 55 valence electrons. The van der Waals surface area contributed by atoms with Crippen LogP contribution in [0.25, 0.3) is 11.0 Å². The number of hydrogen-bond donors (Lipinski definition) is 1. The molecule has 0 aliphatic carbocycles. The van der Waals surface area contributed by atoms with Crippen molar-refractivity contribution in [3.05, 3.63) is 18.2 Å². The van der Waals surface area contributed by atoms with Gasteiger partial charge in [-0.05, 0) is 0 Å². The van der Waals surface area contributed by atoms with Crippen LogP contribution < -0.4 is 0 Å². The van der Waals surface area contributed by atoms with E-state index in [0.717, 1.165) is 11.0 Å². The van der Waals surface area contributed by atoms with Gasteiger partial charge in [-0.2, -0.15) is 5.10 Å². The van der Waals surface area contributed by atoms with E-state index in [2.05, 4.69) is 20.2 Å². The smallest absolute Gasteiger partial charge is 0.139 e. The average Bonchev–Trinajstić information content (AvgIpc) is 2.50. The van der Waals surface area contributed by atoms with Gasteiger partial charge in [0.2, 0.25) is 0 Å².